The number of Topliss-reactive ketones (excluding diaryl/α,β-unsaturated/α-hetero) is 1. The van der Waals surface area contributed by atoms with E-state index < -0.39 is 22.7 Å². The summed E-state index contributed by atoms with van der Waals surface area (Å²) >= 11 is 0. The Kier molecular flexibility index (Phi) is 4.46. The summed E-state index contributed by atoms with van der Waals surface area (Å²) in [5.41, 5.74) is 1.91. The monoisotopic (exact) mass is 253 g/mol. The van der Waals surface area contributed by atoms with Crippen LogP contribution in [0.3, 0.4) is 0 Å². The van der Waals surface area contributed by atoms with Crippen LogP contribution in [0.1, 0.15) is 11.7 Å². The number of nitro benzene ring substituents is 1. The van der Waals surface area contributed by atoms with Gasteiger partial charge in [0.2, 0.25) is 0 Å². The normalized spacial score (nSPS) is 11.7. The smallest absolute Gasteiger partial charge is 0.304 e. The van der Waals surface area contributed by atoms with Gasteiger partial charge in [-0.1, -0.05) is 0 Å². The van der Waals surface area contributed by atoms with Gasteiger partial charge in [0, 0.05) is 19.2 Å². The molecule has 0 saturated heterocycles. The number of carbonyl (C=O) groups excluding carboxylic acids is 2. The number of hydrogen-bond acceptors (Lipinski definition) is 6. The number of hydrogen-bond donors (Lipinski definition) is 2. The summed E-state index contributed by atoms with van der Waals surface area (Å²) in [5, 5.41) is 10.5. The number of amides is 1. The topological polar surface area (TPSA) is 125 Å². The predicted molar refractivity (Wildman–Crippen MR) is 60.2 cm³/mol. The van der Waals surface area contributed by atoms with Crippen molar-refractivity contribution in [1.29, 1.82) is 0 Å². The first-order chi connectivity index (χ1) is 8.51. The van der Waals surface area contributed by atoms with Gasteiger partial charge in [-0.2, -0.15) is 0 Å². The molecule has 0 heterocycles. The first-order valence-corrected chi connectivity index (χ1v) is 4.83. The first kappa shape index (κ1) is 13.7. The maximum atomic E-state index is 11.6. The van der Waals surface area contributed by atoms with Crippen molar-refractivity contribution < 1.29 is 19.2 Å². The number of carbonyl (C=O) groups is 2. The van der Waals surface area contributed by atoms with Crippen LogP contribution in [0, 0.1) is 10.1 Å². The number of ether oxygens (including phenoxy) is 1. The second kappa shape index (κ2) is 5.84. The van der Waals surface area contributed by atoms with Crippen molar-refractivity contribution in [3.63, 3.8) is 0 Å². The molecule has 0 fully saturated rings. The highest BCUT2D eigenvalue weighted by Crippen LogP contribution is 2.21. The van der Waals surface area contributed by atoms with E-state index in [9.17, 15) is 19.7 Å². The lowest BCUT2D eigenvalue weighted by Crippen LogP contribution is -2.39. The SMILES string of the molecule is COC(C(=O)C(=O)NN)c1ccc([N+](=O)[O-])cc1. The lowest BCUT2D eigenvalue weighted by atomic mass is 10.0. The highest BCUT2D eigenvalue weighted by atomic mass is 16.6. The van der Waals surface area contributed by atoms with Crippen LogP contribution in [0.2, 0.25) is 0 Å². The molecule has 1 aromatic rings. The number of hydrazine groups is 1. The van der Waals surface area contributed by atoms with Crippen molar-refractivity contribution in [2.75, 3.05) is 7.11 Å². The maximum absolute atomic E-state index is 11.6. The first-order valence-electron chi connectivity index (χ1n) is 4.83. The van der Waals surface area contributed by atoms with Crippen LogP contribution >= 0.6 is 0 Å². The van der Waals surface area contributed by atoms with Gasteiger partial charge in [-0.3, -0.25) is 25.1 Å². The summed E-state index contributed by atoms with van der Waals surface area (Å²) in [6.07, 6.45) is -1.14. The van der Waals surface area contributed by atoms with Gasteiger partial charge in [-0.05, 0) is 17.7 Å². The van der Waals surface area contributed by atoms with E-state index in [1.807, 2.05) is 0 Å². The third-order valence-electron chi connectivity index (χ3n) is 2.24. The average molecular weight is 253 g/mol. The fourth-order valence-electron chi connectivity index (χ4n) is 1.36. The number of nitrogens with one attached hydrogen (secondary N) is 1. The van der Waals surface area contributed by atoms with E-state index in [1.54, 1.807) is 5.43 Å². The van der Waals surface area contributed by atoms with E-state index in [0.717, 1.165) is 0 Å². The standard InChI is InChI=1S/C10H11N3O5/c1-18-9(8(14)10(15)12-11)6-2-4-7(5-3-6)13(16)17/h2-5,9H,11H2,1H3,(H,12,15). The molecule has 1 amide bonds. The molecule has 1 unspecified atom stereocenters. The number of nitrogens with zero attached hydrogens (tertiary/aromatic N) is 1. The van der Waals surface area contributed by atoms with Crippen molar-refractivity contribution in [1.82, 2.24) is 5.43 Å². The Labute approximate surface area is 102 Å². The Hall–Kier alpha value is -2.32. The molecule has 1 aromatic carbocycles. The fourth-order valence-corrected chi connectivity index (χ4v) is 1.36. The average Bonchev–Trinajstić information content (AvgIpc) is 2.39. The number of rotatable bonds is 5. The van der Waals surface area contributed by atoms with Crippen molar-refractivity contribution in [2.24, 2.45) is 5.84 Å². The van der Waals surface area contributed by atoms with Crippen LogP contribution in [-0.2, 0) is 14.3 Å². The molecule has 18 heavy (non-hydrogen) atoms. The maximum Gasteiger partial charge on any atom is 0.304 e. The van der Waals surface area contributed by atoms with E-state index in [1.165, 1.54) is 31.4 Å². The molecular weight excluding hydrogens is 242 g/mol. The Balaban J connectivity index is 2.99. The molecule has 0 aliphatic heterocycles. The highest BCUT2D eigenvalue weighted by Gasteiger charge is 2.26. The van der Waals surface area contributed by atoms with Gasteiger partial charge in [0.1, 0.15) is 0 Å². The zero-order valence-electron chi connectivity index (χ0n) is 9.45. The largest absolute Gasteiger partial charge is 0.368 e. The molecule has 0 bridgehead atoms. The Morgan fingerprint density at radius 1 is 1.39 bits per heavy atom. The van der Waals surface area contributed by atoms with Gasteiger partial charge < -0.3 is 4.74 Å². The van der Waals surface area contributed by atoms with E-state index in [4.69, 9.17) is 10.6 Å². The minimum atomic E-state index is -1.14. The van der Waals surface area contributed by atoms with E-state index in [2.05, 4.69) is 0 Å². The van der Waals surface area contributed by atoms with Gasteiger partial charge in [0.05, 0.1) is 4.92 Å². The van der Waals surface area contributed by atoms with Crippen LogP contribution in [0.15, 0.2) is 24.3 Å². The fraction of sp³-hybridized carbons (Fsp3) is 0.200. The van der Waals surface area contributed by atoms with Gasteiger partial charge in [-0.15, -0.1) is 0 Å². The second-order valence-corrected chi connectivity index (χ2v) is 3.30. The molecule has 96 valence electrons. The number of nitro groups is 1. The Morgan fingerprint density at radius 3 is 2.33 bits per heavy atom. The molecule has 0 aromatic heterocycles. The van der Waals surface area contributed by atoms with Crippen LogP contribution < -0.4 is 11.3 Å². The molecule has 0 spiro atoms. The lowest BCUT2D eigenvalue weighted by molar-refractivity contribution is -0.384. The van der Waals surface area contributed by atoms with E-state index >= 15 is 0 Å². The van der Waals surface area contributed by atoms with Crippen LogP contribution in [0.5, 0.6) is 0 Å². The van der Waals surface area contributed by atoms with Crippen molar-refractivity contribution >= 4 is 17.4 Å². The summed E-state index contributed by atoms with van der Waals surface area (Å²) in [6, 6.07) is 5.12. The third kappa shape index (κ3) is 2.87. The number of non-ortho nitro benzene ring substituents is 1. The predicted octanol–water partition coefficient (Wildman–Crippen LogP) is -0.159. The Bertz CT molecular complexity index is 471. The summed E-state index contributed by atoms with van der Waals surface area (Å²) in [7, 11) is 1.24. The molecule has 8 heteroatoms. The molecule has 8 nitrogen and oxygen atoms in total. The number of ketones is 1. The molecule has 0 saturated carbocycles. The number of benzene rings is 1. The minimum absolute atomic E-state index is 0.121. The van der Waals surface area contributed by atoms with Crippen LogP contribution in [-0.4, -0.2) is 23.7 Å². The molecular formula is C10H11N3O5. The van der Waals surface area contributed by atoms with Gasteiger partial charge in [0.15, 0.2) is 6.10 Å². The van der Waals surface area contributed by atoms with Gasteiger partial charge in [-0.25, -0.2) is 5.84 Å². The Morgan fingerprint density at radius 2 is 1.94 bits per heavy atom. The van der Waals surface area contributed by atoms with Gasteiger partial charge in [0.25, 0.3) is 11.5 Å². The quantitative estimate of drug-likeness (QED) is 0.247. The molecule has 0 aliphatic rings. The lowest BCUT2D eigenvalue weighted by Gasteiger charge is -2.12. The van der Waals surface area contributed by atoms with Crippen molar-refractivity contribution in [3.05, 3.63) is 39.9 Å². The van der Waals surface area contributed by atoms with Crippen LogP contribution in [0.4, 0.5) is 5.69 Å². The van der Waals surface area contributed by atoms with E-state index in [0.29, 0.717) is 5.56 Å². The molecule has 1 rings (SSSR count). The molecule has 0 radical (unpaired) electrons. The highest BCUT2D eigenvalue weighted by molar-refractivity contribution is 6.37. The number of nitrogens with two attached hydrogens (primary N) is 1. The van der Waals surface area contributed by atoms with Crippen molar-refractivity contribution in [3.8, 4) is 0 Å². The molecule has 1 atom stereocenters. The minimum Gasteiger partial charge on any atom is -0.368 e. The van der Waals surface area contributed by atoms with Gasteiger partial charge >= 0.3 is 5.91 Å². The summed E-state index contributed by atoms with van der Waals surface area (Å²) < 4.78 is 4.89. The second-order valence-electron chi connectivity index (χ2n) is 3.30. The summed E-state index contributed by atoms with van der Waals surface area (Å²) in [5.74, 6) is 2.96. The summed E-state index contributed by atoms with van der Waals surface area (Å²) in [4.78, 5) is 32.6. The summed E-state index contributed by atoms with van der Waals surface area (Å²) in [6.45, 7) is 0. The molecule has 3 N–H and O–H groups in total. The van der Waals surface area contributed by atoms with Crippen molar-refractivity contribution in [2.45, 2.75) is 6.10 Å². The van der Waals surface area contributed by atoms with Crippen LogP contribution in [0.25, 0.3) is 0 Å². The zero-order chi connectivity index (χ0) is 13.7. The number of methoxy groups -OCH3 is 1. The third-order valence-corrected chi connectivity index (χ3v) is 2.24. The zero-order valence-corrected chi connectivity index (χ0v) is 9.45. The molecule has 0 aliphatic carbocycles. The van der Waals surface area contributed by atoms with E-state index in [-0.39, 0.29) is 5.69 Å².